The number of carbonyl (C=O) groups excluding carboxylic acids is 1. The Morgan fingerprint density at radius 1 is 1.40 bits per heavy atom. The molecule has 1 amide bonds. The zero-order valence-electron chi connectivity index (χ0n) is 11.9. The van der Waals surface area contributed by atoms with E-state index in [0.717, 1.165) is 18.2 Å². The van der Waals surface area contributed by atoms with Gasteiger partial charge in [0, 0.05) is 19.1 Å². The molecule has 0 aromatic carbocycles. The summed E-state index contributed by atoms with van der Waals surface area (Å²) in [6.07, 6.45) is 6.11. The van der Waals surface area contributed by atoms with Gasteiger partial charge in [0.25, 0.3) is 5.91 Å². The van der Waals surface area contributed by atoms with E-state index in [9.17, 15) is 4.79 Å². The summed E-state index contributed by atoms with van der Waals surface area (Å²) in [7, 11) is 0. The van der Waals surface area contributed by atoms with Crippen LogP contribution in [0.15, 0.2) is 0 Å². The Morgan fingerprint density at radius 3 is 2.75 bits per heavy atom. The normalized spacial score (nSPS) is 20.8. The first-order chi connectivity index (χ1) is 9.65. The second kappa shape index (κ2) is 5.60. The number of thiazole rings is 1. The number of nitrogens with one attached hydrogen (secondary N) is 1. The van der Waals surface area contributed by atoms with Crippen LogP contribution in [0.3, 0.4) is 0 Å². The van der Waals surface area contributed by atoms with E-state index >= 15 is 0 Å². The third kappa shape index (κ3) is 2.90. The molecule has 0 radical (unpaired) electrons. The fourth-order valence-corrected chi connectivity index (χ4v) is 3.63. The van der Waals surface area contributed by atoms with Crippen LogP contribution in [0.4, 0.5) is 10.9 Å². The topological polar surface area (TPSA) is 71.2 Å². The highest BCUT2D eigenvalue weighted by atomic mass is 32.1. The Labute approximate surface area is 123 Å². The Morgan fingerprint density at radius 2 is 2.10 bits per heavy atom. The van der Waals surface area contributed by atoms with E-state index in [2.05, 4.69) is 22.1 Å². The van der Waals surface area contributed by atoms with Crippen LogP contribution >= 0.6 is 11.3 Å². The number of carbonyl (C=O) groups is 1. The monoisotopic (exact) mass is 294 g/mol. The molecule has 3 N–H and O–H groups in total. The van der Waals surface area contributed by atoms with Crippen molar-refractivity contribution in [1.82, 2.24) is 10.3 Å². The Kier molecular flexibility index (Phi) is 3.83. The van der Waals surface area contributed by atoms with Gasteiger partial charge >= 0.3 is 0 Å². The van der Waals surface area contributed by atoms with Gasteiger partial charge in [0.2, 0.25) is 0 Å². The summed E-state index contributed by atoms with van der Waals surface area (Å²) >= 11 is 1.43. The summed E-state index contributed by atoms with van der Waals surface area (Å²) in [5.41, 5.74) is 5.93. The Bertz CT molecular complexity index is 491. The van der Waals surface area contributed by atoms with E-state index in [-0.39, 0.29) is 11.9 Å². The van der Waals surface area contributed by atoms with E-state index in [0.29, 0.717) is 16.6 Å². The van der Waals surface area contributed by atoms with E-state index in [4.69, 9.17) is 5.73 Å². The van der Waals surface area contributed by atoms with Crippen LogP contribution in [0.1, 0.15) is 48.7 Å². The number of nitrogen functional groups attached to an aromatic ring is 1. The van der Waals surface area contributed by atoms with Gasteiger partial charge in [-0.3, -0.25) is 4.79 Å². The van der Waals surface area contributed by atoms with Crippen molar-refractivity contribution in [2.45, 2.75) is 45.1 Å². The number of hydrogen-bond acceptors (Lipinski definition) is 5. The van der Waals surface area contributed by atoms with Crippen LogP contribution in [0, 0.1) is 5.92 Å². The maximum absolute atomic E-state index is 12.3. The van der Waals surface area contributed by atoms with Crippen LogP contribution in [-0.2, 0) is 0 Å². The molecule has 5 nitrogen and oxygen atoms in total. The molecule has 0 bridgehead atoms. The summed E-state index contributed by atoms with van der Waals surface area (Å²) in [4.78, 5) is 19.5. The first kappa shape index (κ1) is 13.7. The summed E-state index contributed by atoms with van der Waals surface area (Å²) < 4.78 is 0. The van der Waals surface area contributed by atoms with Gasteiger partial charge in [-0.1, -0.05) is 11.3 Å². The standard InChI is InChI=1S/C14H22N4OS/c1-9(10-5-6-10)16-13(19)11-12(15)17-14(20-11)18-7-3-2-4-8-18/h9-10H,2-8,15H2,1H3,(H,16,19). The molecular formula is C14H22N4OS. The second-order valence-electron chi connectivity index (χ2n) is 5.86. The first-order valence-electron chi connectivity index (χ1n) is 7.47. The van der Waals surface area contributed by atoms with Crippen molar-refractivity contribution in [3.8, 4) is 0 Å². The molecule has 20 heavy (non-hydrogen) atoms. The average Bonchev–Trinajstić information content (AvgIpc) is 3.22. The van der Waals surface area contributed by atoms with Crippen molar-refractivity contribution in [3.63, 3.8) is 0 Å². The summed E-state index contributed by atoms with van der Waals surface area (Å²) in [6, 6.07) is 0.238. The van der Waals surface area contributed by atoms with E-state index < -0.39 is 0 Å². The van der Waals surface area contributed by atoms with Gasteiger partial charge in [-0.2, -0.15) is 0 Å². The van der Waals surface area contributed by atoms with Crippen molar-refractivity contribution in [2.75, 3.05) is 23.7 Å². The highest BCUT2D eigenvalue weighted by Gasteiger charge is 2.30. The van der Waals surface area contributed by atoms with Crippen LogP contribution in [0.2, 0.25) is 0 Å². The lowest BCUT2D eigenvalue weighted by atomic mass is 10.1. The van der Waals surface area contributed by atoms with E-state index in [1.54, 1.807) is 0 Å². The number of piperidine rings is 1. The lowest BCUT2D eigenvalue weighted by molar-refractivity contribution is 0.0940. The molecule has 1 aromatic rings. The summed E-state index contributed by atoms with van der Waals surface area (Å²) in [5.74, 6) is 0.952. The van der Waals surface area contributed by atoms with E-state index in [1.165, 1.54) is 43.4 Å². The van der Waals surface area contributed by atoms with Gasteiger partial charge in [-0.05, 0) is 44.9 Å². The largest absolute Gasteiger partial charge is 0.382 e. The molecule has 1 aliphatic carbocycles. The lowest BCUT2D eigenvalue weighted by Gasteiger charge is -2.25. The van der Waals surface area contributed by atoms with Crippen molar-refractivity contribution in [3.05, 3.63) is 4.88 Å². The van der Waals surface area contributed by atoms with Gasteiger partial charge < -0.3 is 16.0 Å². The predicted molar refractivity (Wildman–Crippen MR) is 82.2 cm³/mol. The van der Waals surface area contributed by atoms with Gasteiger partial charge in [0.1, 0.15) is 10.7 Å². The Hall–Kier alpha value is -1.30. The zero-order chi connectivity index (χ0) is 14.1. The third-order valence-corrected chi connectivity index (χ3v) is 5.29. The molecule has 1 unspecified atom stereocenters. The van der Waals surface area contributed by atoms with Gasteiger partial charge in [0.15, 0.2) is 5.13 Å². The maximum Gasteiger partial charge on any atom is 0.265 e. The van der Waals surface area contributed by atoms with Crippen molar-refractivity contribution >= 4 is 28.2 Å². The quantitative estimate of drug-likeness (QED) is 0.893. The van der Waals surface area contributed by atoms with Crippen LogP contribution in [0.5, 0.6) is 0 Å². The van der Waals surface area contributed by atoms with Crippen LogP contribution in [-0.4, -0.2) is 30.0 Å². The van der Waals surface area contributed by atoms with Gasteiger partial charge in [-0.15, -0.1) is 0 Å². The number of hydrogen-bond donors (Lipinski definition) is 2. The van der Waals surface area contributed by atoms with Gasteiger partial charge in [0.05, 0.1) is 0 Å². The highest BCUT2D eigenvalue weighted by Crippen LogP contribution is 2.33. The fraction of sp³-hybridized carbons (Fsp3) is 0.714. The number of rotatable bonds is 4. The van der Waals surface area contributed by atoms with Crippen molar-refractivity contribution < 1.29 is 4.79 Å². The minimum atomic E-state index is -0.0670. The number of aromatic nitrogens is 1. The summed E-state index contributed by atoms with van der Waals surface area (Å²) in [6.45, 7) is 4.11. The average molecular weight is 294 g/mol. The molecule has 3 rings (SSSR count). The van der Waals surface area contributed by atoms with Crippen LogP contribution < -0.4 is 16.0 Å². The molecule has 0 spiro atoms. The number of nitrogens with zero attached hydrogens (tertiary/aromatic N) is 2. The number of amides is 1. The molecule has 2 heterocycles. The molecule has 110 valence electrons. The third-order valence-electron chi connectivity index (χ3n) is 4.16. The predicted octanol–water partition coefficient (Wildman–Crippen LogP) is 2.24. The molecule has 1 aromatic heterocycles. The molecule has 2 aliphatic rings. The lowest BCUT2D eigenvalue weighted by Crippen LogP contribution is -2.33. The smallest absolute Gasteiger partial charge is 0.265 e. The Balaban J connectivity index is 1.69. The molecule has 1 saturated heterocycles. The zero-order valence-corrected chi connectivity index (χ0v) is 12.7. The van der Waals surface area contributed by atoms with Gasteiger partial charge in [-0.25, -0.2) is 4.98 Å². The maximum atomic E-state index is 12.3. The molecule has 2 fully saturated rings. The van der Waals surface area contributed by atoms with Crippen LogP contribution in [0.25, 0.3) is 0 Å². The van der Waals surface area contributed by atoms with Crippen molar-refractivity contribution in [1.29, 1.82) is 0 Å². The summed E-state index contributed by atoms with van der Waals surface area (Å²) in [5, 5.41) is 3.94. The second-order valence-corrected chi connectivity index (χ2v) is 6.84. The minimum absolute atomic E-state index is 0.0670. The SMILES string of the molecule is CC(NC(=O)c1sc(N2CCCCC2)nc1N)C1CC1. The molecule has 1 saturated carbocycles. The van der Waals surface area contributed by atoms with Crippen molar-refractivity contribution in [2.24, 2.45) is 5.92 Å². The highest BCUT2D eigenvalue weighted by molar-refractivity contribution is 7.18. The minimum Gasteiger partial charge on any atom is -0.382 e. The number of nitrogens with two attached hydrogens (primary N) is 1. The first-order valence-corrected chi connectivity index (χ1v) is 8.29. The molecular weight excluding hydrogens is 272 g/mol. The molecule has 6 heteroatoms. The fourth-order valence-electron chi connectivity index (χ4n) is 2.69. The number of anilines is 2. The molecule has 1 aliphatic heterocycles. The molecule has 1 atom stereocenters. The van der Waals surface area contributed by atoms with E-state index in [1.807, 2.05) is 0 Å².